The second kappa shape index (κ2) is 15.3. The Kier molecular flexibility index (Phi) is 6.90. The van der Waals surface area contributed by atoms with E-state index in [1.54, 1.807) is 42.5 Å². The van der Waals surface area contributed by atoms with E-state index in [1.807, 2.05) is 103 Å². The third-order valence-corrected chi connectivity index (χ3v) is 12.2. The number of nitrogens with zero attached hydrogens (tertiary/aromatic N) is 6. The first kappa shape index (κ1) is 29.7. The summed E-state index contributed by atoms with van der Waals surface area (Å²) in [6.45, 7) is 6.50. The molecular weight excluding hydrogens is 809 g/mol. The normalized spacial score (nSPS) is 14.0. The predicted octanol–water partition coefficient (Wildman–Crippen LogP) is 12.9. The lowest BCUT2D eigenvalue weighted by atomic mass is 9.88. The molecule has 66 heavy (non-hydrogen) atoms. The van der Waals surface area contributed by atoms with Crippen molar-refractivity contribution in [2.75, 3.05) is 0 Å². The molecule has 0 saturated heterocycles. The fraction of sp³-hybridized carbons (Fsp3) is 0.0678. The average Bonchev–Trinajstić information content (AvgIpc) is 4.14. The van der Waals surface area contributed by atoms with E-state index in [9.17, 15) is 0 Å². The van der Waals surface area contributed by atoms with E-state index in [-0.39, 0.29) is 39.0 Å². The summed E-state index contributed by atoms with van der Waals surface area (Å²) in [5.41, 5.74) is 6.71. The first-order chi connectivity index (χ1) is 36.5. The molecule has 0 amide bonds. The van der Waals surface area contributed by atoms with Crippen molar-refractivity contribution in [1.82, 2.24) is 23.3 Å². The first-order valence-corrected chi connectivity index (χ1v) is 21.5. The van der Waals surface area contributed by atoms with Gasteiger partial charge in [0.25, 0.3) is 6.33 Å². The van der Waals surface area contributed by atoms with Crippen LogP contribution in [0, 0.1) is 6.33 Å². The Bertz CT molecular complexity index is 4350. The van der Waals surface area contributed by atoms with Crippen molar-refractivity contribution in [2.24, 2.45) is 0 Å². The molecule has 0 N–H and O–H groups in total. The van der Waals surface area contributed by atoms with Crippen molar-refractivity contribution in [1.29, 1.82) is 0 Å². The molecule has 8 aromatic carbocycles. The number of hydrogen-bond donors (Lipinski definition) is 0. The number of pyridine rings is 1. The summed E-state index contributed by atoms with van der Waals surface area (Å²) in [5, 5.41) is 1.93. The summed E-state index contributed by atoms with van der Waals surface area (Å²) in [6.07, 6.45) is 5.30. The molecule has 0 unspecified atom stereocenters. The Morgan fingerprint density at radius 2 is 1.14 bits per heavy atom. The number of aromatic nitrogens is 6. The van der Waals surface area contributed by atoms with Crippen molar-refractivity contribution < 1.29 is 18.3 Å². The largest absolute Gasteiger partial charge is 0.338 e. The van der Waals surface area contributed by atoms with Gasteiger partial charge in [-0.15, -0.1) is 0 Å². The standard InChI is InChI=1S/C59H44N6O/c1-59(2,3)42-33-34-60-56(35-42)65-50-30-14-13-27-48(50)49-37-54-55(38-53(49)65)64(58(66)63(54)43-23-11-6-12-24-43)45-26-17-25-44(36-45)61-39-62(52-32-16-15-31-51(52)61)57-46(40-19-7-4-8-20-40)28-18-29-47(57)41-21-9-5-10-22-41/h4-38H,1-3H3/i4D,5D,7D,8D,9D,10D,19D,20D,21D,22D. The molecule has 12 aromatic rings. The molecule has 7 heteroatoms. The Balaban J connectivity index is 1.13. The summed E-state index contributed by atoms with van der Waals surface area (Å²) < 4.78 is 96.7. The zero-order chi connectivity index (χ0) is 53.2. The fourth-order valence-corrected chi connectivity index (χ4v) is 9.13. The van der Waals surface area contributed by atoms with E-state index in [0.29, 0.717) is 39.1 Å². The SMILES string of the molecule is [2H]c1c([2H])c([2H])c(-c2cccc(-c3c([2H])c([2H])c([2H])c([2H])c3[2H])c2-[n+]2[c-]n(-c3cccc(-n4c(=O)n(-c5ccccc5)c5cc6c7ccccc7n(-c7cc(C(C)(C)C)ccn7)c6cc54)c3)c3ccccc32)c([2H])c1[2H]. The molecule has 12 rings (SSSR count). The molecule has 0 atom stereocenters. The van der Waals surface area contributed by atoms with Crippen molar-refractivity contribution in [3.63, 3.8) is 0 Å². The highest BCUT2D eigenvalue weighted by Gasteiger charge is 2.24. The lowest BCUT2D eigenvalue weighted by Gasteiger charge is -2.20. The van der Waals surface area contributed by atoms with Crippen LogP contribution in [0.1, 0.15) is 40.0 Å². The van der Waals surface area contributed by atoms with Gasteiger partial charge in [-0.2, -0.15) is 0 Å². The van der Waals surface area contributed by atoms with Crippen LogP contribution in [0.5, 0.6) is 0 Å². The molecule has 4 heterocycles. The molecule has 0 aliphatic rings. The molecule has 0 radical (unpaired) electrons. The van der Waals surface area contributed by atoms with Gasteiger partial charge in [-0.1, -0.05) is 166 Å². The summed E-state index contributed by atoms with van der Waals surface area (Å²) in [4.78, 5) is 20.3. The Labute approximate surface area is 396 Å². The van der Waals surface area contributed by atoms with Gasteiger partial charge in [-0.3, -0.25) is 22.8 Å². The van der Waals surface area contributed by atoms with Crippen LogP contribution in [-0.4, -0.2) is 23.3 Å². The summed E-state index contributed by atoms with van der Waals surface area (Å²) in [7, 11) is 0. The molecule has 0 spiro atoms. The zero-order valence-corrected chi connectivity index (χ0v) is 36.0. The van der Waals surface area contributed by atoms with Crippen LogP contribution in [-0.2, 0) is 5.41 Å². The van der Waals surface area contributed by atoms with Crippen LogP contribution in [0.25, 0.3) is 94.7 Å². The number of benzene rings is 8. The van der Waals surface area contributed by atoms with Crippen LogP contribution in [0.2, 0.25) is 0 Å². The van der Waals surface area contributed by atoms with Crippen LogP contribution >= 0.6 is 0 Å². The van der Waals surface area contributed by atoms with Gasteiger partial charge in [0, 0.05) is 22.7 Å². The maximum Gasteiger partial charge on any atom is 0.338 e. The summed E-state index contributed by atoms with van der Waals surface area (Å²) in [5.74, 6) is 0.738. The maximum atomic E-state index is 15.4. The highest BCUT2D eigenvalue weighted by molar-refractivity contribution is 6.13. The van der Waals surface area contributed by atoms with Crippen molar-refractivity contribution in [3.05, 3.63) is 235 Å². The summed E-state index contributed by atoms with van der Waals surface area (Å²) >= 11 is 0. The zero-order valence-electron chi connectivity index (χ0n) is 46.0. The number of hydrogen-bond acceptors (Lipinski definition) is 2. The predicted molar refractivity (Wildman–Crippen MR) is 268 cm³/mol. The van der Waals surface area contributed by atoms with E-state index in [4.69, 9.17) is 18.7 Å². The highest BCUT2D eigenvalue weighted by atomic mass is 16.1. The lowest BCUT2D eigenvalue weighted by molar-refractivity contribution is -0.571. The highest BCUT2D eigenvalue weighted by Crippen LogP contribution is 2.38. The van der Waals surface area contributed by atoms with Gasteiger partial charge in [-0.25, -0.2) is 9.78 Å². The van der Waals surface area contributed by atoms with Crippen LogP contribution in [0.15, 0.2) is 217 Å². The minimum atomic E-state index is -0.585. The van der Waals surface area contributed by atoms with E-state index in [1.165, 1.54) is 0 Å². The minimum Gasteiger partial charge on any atom is -0.294 e. The minimum absolute atomic E-state index is 0.128. The Hall–Kier alpha value is -8.55. The first-order valence-electron chi connectivity index (χ1n) is 26.5. The van der Waals surface area contributed by atoms with Gasteiger partial charge in [0.15, 0.2) is 0 Å². The molecule has 4 aromatic heterocycles. The van der Waals surface area contributed by atoms with Crippen LogP contribution in [0.3, 0.4) is 0 Å². The second-order valence-electron chi connectivity index (χ2n) is 17.1. The van der Waals surface area contributed by atoms with Gasteiger partial charge in [0.1, 0.15) is 5.82 Å². The smallest absolute Gasteiger partial charge is 0.294 e. The molecule has 316 valence electrons. The monoisotopic (exact) mass is 862 g/mol. The van der Waals surface area contributed by atoms with Crippen molar-refractivity contribution in [2.45, 2.75) is 26.2 Å². The van der Waals surface area contributed by atoms with E-state index in [0.717, 1.165) is 33.2 Å². The lowest BCUT2D eigenvalue weighted by Crippen LogP contribution is -2.31. The third-order valence-electron chi connectivity index (χ3n) is 12.2. The number of para-hydroxylation sites is 5. The Morgan fingerprint density at radius 3 is 1.86 bits per heavy atom. The van der Waals surface area contributed by atoms with Crippen LogP contribution in [0.4, 0.5) is 0 Å². The third kappa shape index (κ3) is 6.31. The maximum absolute atomic E-state index is 15.4. The molecule has 0 fully saturated rings. The molecule has 0 saturated carbocycles. The summed E-state index contributed by atoms with van der Waals surface area (Å²) in [6, 6.07) is 40.0. The quantitative estimate of drug-likeness (QED) is 0.118. The van der Waals surface area contributed by atoms with Gasteiger partial charge < -0.3 is 0 Å². The van der Waals surface area contributed by atoms with Gasteiger partial charge in [0.05, 0.1) is 63.9 Å². The molecular formula is C59H44N6O. The molecule has 0 aliphatic heterocycles. The van der Waals surface area contributed by atoms with Crippen LogP contribution < -0.4 is 10.3 Å². The van der Waals surface area contributed by atoms with Crippen molar-refractivity contribution >= 4 is 43.9 Å². The second-order valence-corrected chi connectivity index (χ2v) is 17.1. The Morgan fingerprint density at radius 1 is 0.530 bits per heavy atom. The molecule has 7 nitrogen and oxygen atoms in total. The van der Waals surface area contributed by atoms with Crippen molar-refractivity contribution in [3.8, 4) is 50.8 Å². The number of imidazole rings is 2. The topological polar surface area (TPSA) is 53.6 Å². The average molecular weight is 863 g/mol. The van der Waals surface area contributed by atoms with Gasteiger partial charge in [0.2, 0.25) is 0 Å². The van der Waals surface area contributed by atoms with Gasteiger partial charge >= 0.3 is 5.69 Å². The van der Waals surface area contributed by atoms with E-state index >= 15 is 4.79 Å². The van der Waals surface area contributed by atoms with E-state index < -0.39 is 60.4 Å². The molecule has 0 bridgehead atoms. The molecule has 0 aliphatic carbocycles. The van der Waals surface area contributed by atoms with Gasteiger partial charge in [-0.05, 0) is 93.9 Å². The van der Waals surface area contributed by atoms with E-state index in [2.05, 4.69) is 55.9 Å². The number of rotatable bonds is 7. The number of fused-ring (bicyclic) bond motifs is 5. The fourth-order valence-electron chi connectivity index (χ4n) is 9.13.